The smallest absolute Gasteiger partial charge is 0.0110 e. The maximum absolute atomic E-state index is 3.44. The molecule has 2 fully saturated rings. The lowest BCUT2D eigenvalue weighted by atomic mass is 9.79. The van der Waals surface area contributed by atoms with Crippen molar-refractivity contribution in [1.82, 2.24) is 10.2 Å². The zero-order valence-electron chi connectivity index (χ0n) is 10.3. The molecule has 2 aliphatic rings. The predicted octanol–water partition coefficient (Wildman–Crippen LogP) is 2.11. The van der Waals surface area contributed by atoms with Gasteiger partial charge in [-0.2, -0.15) is 0 Å². The van der Waals surface area contributed by atoms with Crippen molar-refractivity contribution in [3.8, 4) is 0 Å². The molecule has 1 saturated heterocycles. The van der Waals surface area contributed by atoms with Crippen LogP contribution in [0.4, 0.5) is 0 Å². The van der Waals surface area contributed by atoms with E-state index in [2.05, 4.69) is 24.1 Å². The standard InChI is InChI=1S/C13H26N2/c1-11(2)12-3-5-13(6-4-12)15-9-7-14-8-10-15/h11-14H,3-10H2,1-2H3/t12-,13-. The van der Waals surface area contributed by atoms with Crippen molar-refractivity contribution < 1.29 is 0 Å². The summed E-state index contributed by atoms with van der Waals surface area (Å²) in [5.41, 5.74) is 0. The molecular weight excluding hydrogens is 184 g/mol. The van der Waals surface area contributed by atoms with E-state index < -0.39 is 0 Å². The summed E-state index contributed by atoms with van der Waals surface area (Å²) in [6.45, 7) is 9.72. The molecule has 1 N–H and O–H groups in total. The van der Waals surface area contributed by atoms with Crippen LogP contribution in [0, 0.1) is 11.8 Å². The molecule has 0 amide bonds. The summed E-state index contributed by atoms with van der Waals surface area (Å²) >= 11 is 0. The molecule has 15 heavy (non-hydrogen) atoms. The second-order valence-electron chi connectivity index (χ2n) is 5.60. The van der Waals surface area contributed by atoms with Crippen molar-refractivity contribution in [2.24, 2.45) is 11.8 Å². The van der Waals surface area contributed by atoms with E-state index >= 15 is 0 Å². The predicted molar refractivity (Wildman–Crippen MR) is 65.0 cm³/mol. The monoisotopic (exact) mass is 210 g/mol. The molecule has 1 heterocycles. The third-order valence-electron chi connectivity index (χ3n) is 4.35. The van der Waals surface area contributed by atoms with Crippen LogP contribution >= 0.6 is 0 Å². The van der Waals surface area contributed by atoms with Crippen molar-refractivity contribution in [2.75, 3.05) is 26.2 Å². The highest BCUT2D eigenvalue weighted by atomic mass is 15.2. The number of piperazine rings is 1. The Labute approximate surface area is 94.4 Å². The molecule has 0 radical (unpaired) electrons. The summed E-state index contributed by atoms with van der Waals surface area (Å²) in [6, 6.07) is 0.905. The average molecular weight is 210 g/mol. The van der Waals surface area contributed by atoms with E-state index in [1.54, 1.807) is 0 Å². The minimum atomic E-state index is 0.897. The fraction of sp³-hybridized carbons (Fsp3) is 1.00. The summed E-state index contributed by atoms with van der Waals surface area (Å²) in [5, 5.41) is 3.44. The Morgan fingerprint density at radius 1 is 1.00 bits per heavy atom. The second-order valence-corrected chi connectivity index (χ2v) is 5.60. The van der Waals surface area contributed by atoms with Crippen molar-refractivity contribution in [1.29, 1.82) is 0 Å². The van der Waals surface area contributed by atoms with Crippen LogP contribution < -0.4 is 5.32 Å². The maximum atomic E-state index is 3.44. The van der Waals surface area contributed by atoms with Crippen LogP contribution in [0.25, 0.3) is 0 Å². The normalized spacial score (nSPS) is 34.6. The van der Waals surface area contributed by atoms with Gasteiger partial charge in [-0.15, -0.1) is 0 Å². The number of nitrogens with one attached hydrogen (secondary N) is 1. The summed E-state index contributed by atoms with van der Waals surface area (Å²) in [5.74, 6) is 1.90. The molecule has 2 rings (SSSR count). The van der Waals surface area contributed by atoms with E-state index in [1.165, 1.54) is 51.9 Å². The van der Waals surface area contributed by atoms with Gasteiger partial charge >= 0.3 is 0 Å². The van der Waals surface area contributed by atoms with Gasteiger partial charge in [0.2, 0.25) is 0 Å². The Hall–Kier alpha value is -0.0800. The highest BCUT2D eigenvalue weighted by Crippen LogP contribution is 2.32. The van der Waals surface area contributed by atoms with Crippen LogP contribution in [0.2, 0.25) is 0 Å². The van der Waals surface area contributed by atoms with Crippen LogP contribution in [-0.2, 0) is 0 Å². The lowest BCUT2D eigenvalue weighted by molar-refractivity contribution is 0.111. The molecule has 0 bridgehead atoms. The van der Waals surface area contributed by atoms with Crippen molar-refractivity contribution in [3.05, 3.63) is 0 Å². The number of nitrogens with zero attached hydrogens (tertiary/aromatic N) is 1. The van der Waals surface area contributed by atoms with Gasteiger partial charge in [-0.25, -0.2) is 0 Å². The van der Waals surface area contributed by atoms with E-state index in [0.717, 1.165) is 17.9 Å². The van der Waals surface area contributed by atoms with E-state index in [1.807, 2.05) is 0 Å². The Morgan fingerprint density at radius 3 is 2.13 bits per heavy atom. The molecule has 0 atom stereocenters. The van der Waals surface area contributed by atoms with E-state index in [0.29, 0.717) is 0 Å². The highest BCUT2D eigenvalue weighted by molar-refractivity contribution is 4.82. The molecule has 1 aliphatic heterocycles. The molecule has 0 spiro atoms. The van der Waals surface area contributed by atoms with Crippen molar-refractivity contribution in [3.63, 3.8) is 0 Å². The average Bonchev–Trinajstić information content (AvgIpc) is 2.30. The number of hydrogen-bond donors (Lipinski definition) is 1. The Morgan fingerprint density at radius 2 is 1.60 bits per heavy atom. The molecule has 0 aromatic rings. The third-order valence-corrected chi connectivity index (χ3v) is 4.35. The first-order valence-electron chi connectivity index (χ1n) is 6.72. The van der Waals surface area contributed by atoms with Crippen LogP contribution in [0.15, 0.2) is 0 Å². The van der Waals surface area contributed by atoms with Gasteiger partial charge < -0.3 is 5.32 Å². The van der Waals surface area contributed by atoms with Gasteiger partial charge in [0.15, 0.2) is 0 Å². The van der Waals surface area contributed by atoms with Gasteiger partial charge in [0.25, 0.3) is 0 Å². The van der Waals surface area contributed by atoms with E-state index in [4.69, 9.17) is 0 Å². The van der Waals surface area contributed by atoms with Gasteiger partial charge in [0, 0.05) is 32.2 Å². The van der Waals surface area contributed by atoms with Crippen LogP contribution in [0.3, 0.4) is 0 Å². The third kappa shape index (κ3) is 2.94. The number of hydrogen-bond acceptors (Lipinski definition) is 2. The minimum Gasteiger partial charge on any atom is -0.314 e. The number of rotatable bonds is 2. The highest BCUT2D eigenvalue weighted by Gasteiger charge is 2.27. The molecule has 1 aliphatic carbocycles. The van der Waals surface area contributed by atoms with Crippen LogP contribution in [0.1, 0.15) is 39.5 Å². The second kappa shape index (κ2) is 5.31. The summed E-state index contributed by atoms with van der Waals surface area (Å²) in [4.78, 5) is 2.72. The van der Waals surface area contributed by atoms with Gasteiger partial charge in [0.1, 0.15) is 0 Å². The molecule has 0 aromatic heterocycles. The fourth-order valence-electron chi connectivity index (χ4n) is 3.18. The SMILES string of the molecule is CC(C)[C@H]1CC[C@H](N2CCNCC2)CC1. The molecule has 0 aromatic carbocycles. The van der Waals surface area contributed by atoms with Gasteiger partial charge in [0.05, 0.1) is 0 Å². The lowest BCUT2D eigenvalue weighted by Crippen LogP contribution is -2.49. The van der Waals surface area contributed by atoms with Crippen molar-refractivity contribution in [2.45, 2.75) is 45.6 Å². The fourth-order valence-corrected chi connectivity index (χ4v) is 3.18. The Balaban J connectivity index is 1.77. The lowest BCUT2D eigenvalue weighted by Gasteiger charge is -2.40. The largest absolute Gasteiger partial charge is 0.314 e. The molecule has 1 saturated carbocycles. The summed E-state index contributed by atoms with van der Waals surface area (Å²) in [7, 11) is 0. The summed E-state index contributed by atoms with van der Waals surface area (Å²) < 4.78 is 0. The molecule has 2 nitrogen and oxygen atoms in total. The van der Waals surface area contributed by atoms with Crippen LogP contribution in [-0.4, -0.2) is 37.1 Å². The maximum Gasteiger partial charge on any atom is 0.0110 e. The van der Waals surface area contributed by atoms with Crippen LogP contribution in [0.5, 0.6) is 0 Å². The summed E-state index contributed by atoms with van der Waals surface area (Å²) in [6.07, 6.45) is 5.82. The first kappa shape index (κ1) is 11.4. The zero-order valence-corrected chi connectivity index (χ0v) is 10.3. The van der Waals surface area contributed by atoms with Gasteiger partial charge in [-0.1, -0.05) is 13.8 Å². The first-order valence-corrected chi connectivity index (χ1v) is 6.72. The van der Waals surface area contributed by atoms with E-state index in [-0.39, 0.29) is 0 Å². The topological polar surface area (TPSA) is 15.3 Å². The molecule has 2 heteroatoms. The molecule has 0 unspecified atom stereocenters. The minimum absolute atomic E-state index is 0.897. The molecular formula is C13H26N2. The van der Waals surface area contributed by atoms with Crippen molar-refractivity contribution >= 4 is 0 Å². The zero-order chi connectivity index (χ0) is 10.7. The quantitative estimate of drug-likeness (QED) is 0.751. The van der Waals surface area contributed by atoms with E-state index in [9.17, 15) is 0 Å². The Bertz CT molecular complexity index is 177. The van der Waals surface area contributed by atoms with Gasteiger partial charge in [-0.05, 0) is 37.5 Å². The molecule has 88 valence electrons. The first-order chi connectivity index (χ1) is 7.27. The van der Waals surface area contributed by atoms with Gasteiger partial charge in [-0.3, -0.25) is 4.90 Å². The Kier molecular flexibility index (Phi) is 4.04.